The Bertz CT molecular complexity index is 542. The first-order chi connectivity index (χ1) is 10.2. The molecule has 4 heteroatoms. The van der Waals surface area contributed by atoms with E-state index in [9.17, 15) is 0 Å². The third-order valence-corrected chi connectivity index (χ3v) is 4.38. The molecule has 1 aromatic carbocycles. The number of hydrogen-bond donors (Lipinski definition) is 1. The topological polar surface area (TPSA) is 34.1 Å². The van der Waals surface area contributed by atoms with E-state index in [1.54, 1.807) is 0 Å². The SMILES string of the molecule is CCCc1nc(CCOc2cccc(C)c2)sc1CNC. The van der Waals surface area contributed by atoms with Crippen molar-refractivity contribution >= 4 is 11.3 Å². The van der Waals surface area contributed by atoms with Gasteiger partial charge in [-0.1, -0.05) is 25.5 Å². The lowest BCUT2D eigenvalue weighted by Gasteiger charge is -2.05. The number of nitrogens with zero attached hydrogens (tertiary/aromatic N) is 1. The number of rotatable bonds is 8. The van der Waals surface area contributed by atoms with Crippen LogP contribution in [0.1, 0.15) is 34.5 Å². The van der Waals surface area contributed by atoms with Crippen LogP contribution in [-0.2, 0) is 19.4 Å². The first-order valence-corrected chi connectivity index (χ1v) is 8.36. The Morgan fingerprint density at radius 2 is 2.14 bits per heavy atom. The van der Waals surface area contributed by atoms with Crippen molar-refractivity contribution in [3.63, 3.8) is 0 Å². The molecule has 1 aromatic heterocycles. The maximum absolute atomic E-state index is 5.81. The average Bonchev–Trinajstić information content (AvgIpc) is 2.82. The Kier molecular flexibility index (Phi) is 6.21. The molecule has 0 spiro atoms. The number of benzene rings is 1. The van der Waals surface area contributed by atoms with Gasteiger partial charge in [0.1, 0.15) is 5.75 Å². The minimum absolute atomic E-state index is 0.682. The van der Waals surface area contributed by atoms with Crippen LogP contribution in [0.25, 0.3) is 0 Å². The van der Waals surface area contributed by atoms with E-state index in [1.165, 1.54) is 21.1 Å². The first-order valence-electron chi connectivity index (χ1n) is 7.54. The van der Waals surface area contributed by atoms with Crippen LogP contribution in [0.4, 0.5) is 0 Å². The van der Waals surface area contributed by atoms with Gasteiger partial charge in [-0.25, -0.2) is 4.98 Å². The zero-order valence-electron chi connectivity index (χ0n) is 13.1. The monoisotopic (exact) mass is 304 g/mol. The first kappa shape index (κ1) is 16.0. The summed E-state index contributed by atoms with van der Waals surface area (Å²) in [5.41, 5.74) is 2.48. The molecule has 114 valence electrons. The Morgan fingerprint density at radius 3 is 2.86 bits per heavy atom. The van der Waals surface area contributed by atoms with Crippen LogP contribution in [0.5, 0.6) is 5.75 Å². The van der Waals surface area contributed by atoms with Gasteiger partial charge in [0.05, 0.1) is 17.3 Å². The van der Waals surface area contributed by atoms with Gasteiger partial charge in [0.25, 0.3) is 0 Å². The van der Waals surface area contributed by atoms with Crippen LogP contribution in [-0.4, -0.2) is 18.6 Å². The molecular formula is C17H24N2OS. The van der Waals surface area contributed by atoms with Gasteiger partial charge >= 0.3 is 0 Å². The van der Waals surface area contributed by atoms with Crippen LogP contribution in [0, 0.1) is 6.92 Å². The van der Waals surface area contributed by atoms with E-state index >= 15 is 0 Å². The van der Waals surface area contributed by atoms with Crippen LogP contribution in [0.3, 0.4) is 0 Å². The van der Waals surface area contributed by atoms with E-state index in [2.05, 4.69) is 31.3 Å². The fourth-order valence-electron chi connectivity index (χ4n) is 2.24. The zero-order chi connectivity index (χ0) is 15.1. The van der Waals surface area contributed by atoms with Gasteiger partial charge in [0.2, 0.25) is 0 Å². The Balaban J connectivity index is 1.92. The molecule has 0 saturated carbocycles. The molecule has 0 fully saturated rings. The molecule has 0 amide bonds. The average molecular weight is 304 g/mol. The number of thiazole rings is 1. The maximum Gasteiger partial charge on any atom is 0.119 e. The fourth-order valence-corrected chi connectivity index (χ4v) is 3.34. The number of nitrogens with one attached hydrogen (secondary N) is 1. The predicted octanol–water partition coefficient (Wildman–Crippen LogP) is 3.74. The molecule has 0 unspecified atom stereocenters. The summed E-state index contributed by atoms with van der Waals surface area (Å²) < 4.78 is 5.81. The normalized spacial score (nSPS) is 10.8. The van der Waals surface area contributed by atoms with Gasteiger partial charge in [-0.3, -0.25) is 0 Å². The summed E-state index contributed by atoms with van der Waals surface area (Å²) in [6.07, 6.45) is 3.07. The van der Waals surface area contributed by atoms with Crippen molar-refractivity contribution in [2.24, 2.45) is 0 Å². The van der Waals surface area contributed by atoms with Gasteiger partial charge in [0, 0.05) is 17.8 Å². The molecule has 0 radical (unpaired) electrons. The Morgan fingerprint density at radius 1 is 1.29 bits per heavy atom. The lowest BCUT2D eigenvalue weighted by molar-refractivity contribution is 0.321. The molecule has 0 atom stereocenters. The molecule has 0 saturated heterocycles. The van der Waals surface area contributed by atoms with E-state index in [4.69, 9.17) is 9.72 Å². The highest BCUT2D eigenvalue weighted by Crippen LogP contribution is 2.21. The number of hydrogen-bond acceptors (Lipinski definition) is 4. The fraction of sp³-hybridized carbons (Fsp3) is 0.471. The van der Waals surface area contributed by atoms with Crippen molar-refractivity contribution in [1.29, 1.82) is 0 Å². The van der Waals surface area contributed by atoms with Crippen LogP contribution >= 0.6 is 11.3 Å². The van der Waals surface area contributed by atoms with Crippen LogP contribution in [0.15, 0.2) is 24.3 Å². The van der Waals surface area contributed by atoms with E-state index in [0.29, 0.717) is 6.61 Å². The predicted molar refractivity (Wildman–Crippen MR) is 89.3 cm³/mol. The molecule has 0 aliphatic rings. The molecule has 21 heavy (non-hydrogen) atoms. The minimum atomic E-state index is 0.682. The third kappa shape index (κ3) is 4.83. The second-order valence-corrected chi connectivity index (χ2v) is 6.34. The molecule has 3 nitrogen and oxygen atoms in total. The van der Waals surface area contributed by atoms with Crippen molar-refractivity contribution in [2.75, 3.05) is 13.7 Å². The zero-order valence-corrected chi connectivity index (χ0v) is 13.9. The van der Waals surface area contributed by atoms with Gasteiger partial charge in [-0.05, 0) is 38.1 Å². The van der Waals surface area contributed by atoms with Crippen molar-refractivity contribution in [2.45, 2.75) is 39.7 Å². The van der Waals surface area contributed by atoms with Crippen molar-refractivity contribution in [3.8, 4) is 5.75 Å². The molecular weight excluding hydrogens is 280 g/mol. The standard InChI is InChI=1S/C17H24N2OS/c1-4-6-15-16(12-18-3)21-17(19-15)9-10-20-14-8-5-7-13(2)11-14/h5,7-8,11,18H,4,6,9-10,12H2,1-3H3. The molecule has 0 aliphatic heterocycles. The highest BCUT2D eigenvalue weighted by atomic mass is 32.1. The summed E-state index contributed by atoms with van der Waals surface area (Å²) >= 11 is 1.81. The highest BCUT2D eigenvalue weighted by molar-refractivity contribution is 7.11. The number of ether oxygens (including phenoxy) is 1. The lowest BCUT2D eigenvalue weighted by atomic mass is 10.2. The summed E-state index contributed by atoms with van der Waals surface area (Å²) in [7, 11) is 1.98. The van der Waals surface area contributed by atoms with E-state index in [0.717, 1.165) is 31.6 Å². The molecule has 2 aromatic rings. The van der Waals surface area contributed by atoms with Crippen molar-refractivity contribution in [3.05, 3.63) is 45.4 Å². The molecule has 0 aliphatic carbocycles. The number of aromatic nitrogens is 1. The van der Waals surface area contributed by atoms with Crippen molar-refractivity contribution in [1.82, 2.24) is 10.3 Å². The van der Waals surface area contributed by atoms with E-state index in [1.807, 2.05) is 30.5 Å². The van der Waals surface area contributed by atoms with Gasteiger partial charge < -0.3 is 10.1 Å². The second-order valence-electron chi connectivity index (χ2n) is 5.17. The Hall–Kier alpha value is -1.39. The van der Waals surface area contributed by atoms with Gasteiger partial charge in [-0.2, -0.15) is 0 Å². The lowest BCUT2D eigenvalue weighted by Crippen LogP contribution is -2.05. The largest absolute Gasteiger partial charge is 0.493 e. The molecule has 0 bridgehead atoms. The quantitative estimate of drug-likeness (QED) is 0.806. The summed E-state index contributed by atoms with van der Waals surface area (Å²) in [5, 5.41) is 4.40. The summed E-state index contributed by atoms with van der Waals surface area (Å²) in [6.45, 7) is 5.87. The smallest absolute Gasteiger partial charge is 0.119 e. The summed E-state index contributed by atoms with van der Waals surface area (Å²) in [5.74, 6) is 0.941. The van der Waals surface area contributed by atoms with Gasteiger partial charge in [0.15, 0.2) is 0 Å². The molecule has 1 heterocycles. The maximum atomic E-state index is 5.81. The van der Waals surface area contributed by atoms with Gasteiger partial charge in [-0.15, -0.1) is 11.3 Å². The van der Waals surface area contributed by atoms with Crippen LogP contribution < -0.4 is 10.1 Å². The summed E-state index contributed by atoms with van der Waals surface area (Å²) in [6, 6.07) is 8.17. The molecule has 2 rings (SSSR count). The van der Waals surface area contributed by atoms with E-state index < -0.39 is 0 Å². The van der Waals surface area contributed by atoms with Crippen molar-refractivity contribution < 1.29 is 4.74 Å². The van der Waals surface area contributed by atoms with E-state index in [-0.39, 0.29) is 0 Å². The third-order valence-electron chi connectivity index (χ3n) is 3.22. The summed E-state index contributed by atoms with van der Waals surface area (Å²) in [4.78, 5) is 6.13. The Labute approximate surface area is 131 Å². The highest BCUT2D eigenvalue weighted by Gasteiger charge is 2.10. The second kappa shape index (κ2) is 8.15. The minimum Gasteiger partial charge on any atom is -0.493 e. The van der Waals surface area contributed by atoms with Crippen LogP contribution in [0.2, 0.25) is 0 Å². The molecule has 1 N–H and O–H groups in total. The number of aryl methyl sites for hydroxylation is 2.